The summed E-state index contributed by atoms with van der Waals surface area (Å²) in [5, 5.41) is 5.32. The lowest BCUT2D eigenvalue weighted by molar-refractivity contribution is 0.174. The van der Waals surface area contributed by atoms with Crippen LogP contribution in [-0.4, -0.2) is 29.3 Å². The zero-order chi connectivity index (χ0) is 27.5. The van der Waals surface area contributed by atoms with Gasteiger partial charge in [0.15, 0.2) is 23.0 Å². The fourth-order valence-corrected chi connectivity index (χ4v) is 5.12. The maximum absolute atomic E-state index is 13.4. The van der Waals surface area contributed by atoms with Crippen LogP contribution in [0.3, 0.4) is 0 Å². The minimum atomic E-state index is -0.253. The van der Waals surface area contributed by atoms with Crippen LogP contribution in [0.1, 0.15) is 37.2 Å². The molecular weight excluding hydrogens is 654 g/mol. The summed E-state index contributed by atoms with van der Waals surface area (Å²) in [6.07, 6.45) is 2.97. The zero-order valence-corrected chi connectivity index (χ0v) is 25.1. The number of ether oxygens (including phenoxy) is 4. The number of rotatable bonds is 9. The molecule has 0 radical (unpaired) electrons. The number of aromatic nitrogens is 2. The Morgan fingerprint density at radius 3 is 2.72 bits per heavy atom. The number of hydrogen-bond donors (Lipinski definition) is 0. The van der Waals surface area contributed by atoms with Crippen LogP contribution in [0, 0.1) is 0 Å². The van der Waals surface area contributed by atoms with Gasteiger partial charge in [-0.3, -0.25) is 4.79 Å². The highest BCUT2D eigenvalue weighted by Crippen LogP contribution is 2.43. The van der Waals surface area contributed by atoms with Crippen molar-refractivity contribution in [2.75, 3.05) is 13.4 Å². The van der Waals surface area contributed by atoms with Crippen molar-refractivity contribution in [2.24, 2.45) is 5.10 Å². The van der Waals surface area contributed by atoms with E-state index in [1.165, 1.54) is 4.68 Å². The Morgan fingerprint density at radius 1 is 1.10 bits per heavy atom. The summed E-state index contributed by atoms with van der Waals surface area (Å²) < 4.78 is 25.5. The van der Waals surface area contributed by atoms with Crippen LogP contribution in [0.5, 0.6) is 23.0 Å². The van der Waals surface area contributed by atoms with Gasteiger partial charge in [-0.15, -0.1) is 0 Å². The normalized spacial score (nSPS) is 12.4. The lowest BCUT2D eigenvalue weighted by Crippen LogP contribution is -2.22. The second-order valence-electron chi connectivity index (χ2n) is 8.63. The van der Waals surface area contributed by atoms with Crippen molar-refractivity contribution < 1.29 is 18.9 Å². The van der Waals surface area contributed by atoms with Gasteiger partial charge in [-0.1, -0.05) is 40.5 Å². The molecule has 0 atom stereocenters. The first-order chi connectivity index (χ1) is 18.9. The maximum atomic E-state index is 13.4. The second-order valence-corrected chi connectivity index (χ2v) is 10.7. The third-order valence-corrected chi connectivity index (χ3v) is 7.87. The van der Waals surface area contributed by atoms with Crippen LogP contribution in [0.2, 0.25) is 5.02 Å². The Bertz CT molecular complexity index is 1640. The fraction of sp³-hybridized carbons (Fsp3) is 0.250. The molecule has 0 saturated carbocycles. The number of nitrogens with zero attached hydrogens (tertiary/aromatic N) is 3. The highest BCUT2D eigenvalue weighted by atomic mass is 79.9. The minimum absolute atomic E-state index is 0.203. The third kappa shape index (κ3) is 5.78. The monoisotopic (exact) mass is 675 g/mol. The molecule has 0 amide bonds. The molecule has 0 saturated heterocycles. The largest absolute Gasteiger partial charge is 0.490 e. The van der Waals surface area contributed by atoms with E-state index >= 15 is 0 Å². The molecule has 202 valence electrons. The van der Waals surface area contributed by atoms with Crippen LogP contribution >= 0.6 is 43.5 Å². The van der Waals surface area contributed by atoms with Gasteiger partial charge >= 0.3 is 0 Å². The van der Waals surface area contributed by atoms with Crippen LogP contribution < -0.4 is 24.5 Å². The quantitative estimate of drug-likeness (QED) is 0.176. The van der Waals surface area contributed by atoms with Crippen molar-refractivity contribution in [2.45, 2.75) is 33.3 Å². The number of aryl methyl sites for hydroxylation is 1. The smallest absolute Gasteiger partial charge is 0.282 e. The van der Waals surface area contributed by atoms with Gasteiger partial charge in [-0.25, -0.2) is 4.98 Å². The van der Waals surface area contributed by atoms with Crippen molar-refractivity contribution in [3.05, 3.63) is 83.7 Å². The molecule has 0 unspecified atom stereocenters. The van der Waals surface area contributed by atoms with Crippen LogP contribution in [0.4, 0.5) is 0 Å². The fourth-order valence-electron chi connectivity index (χ4n) is 4.10. The van der Waals surface area contributed by atoms with E-state index in [4.69, 9.17) is 30.5 Å². The molecule has 4 aromatic rings. The topological polar surface area (TPSA) is 84.2 Å². The standard InChI is InChI=1S/C28H24Br2ClN3O5/c1-3-5-24-33-20-8-7-18(29)12-19(20)28(35)34(24)32-13-17-11-23(36-4-2)27(26(31)25(17)30)37-14-16-6-9-21-22(10-16)39-15-38-21/h6-13H,3-5,14-15H2,1-2H3. The average Bonchev–Trinajstić information content (AvgIpc) is 3.39. The van der Waals surface area contributed by atoms with E-state index in [1.54, 1.807) is 18.3 Å². The van der Waals surface area contributed by atoms with E-state index in [-0.39, 0.29) is 19.0 Å². The summed E-state index contributed by atoms with van der Waals surface area (Å²) in [6, 6.07) is 12.8. The third-order valence-electron chi connectivity index (χ3n) is 5.94. The van der Waals surface area contributed by atoms with E-state index in [0.29, 0.717) is 67.8 Å². The van der Waals surface area contributed by atoms with Gasteiger partial charge in [0.2, 0.25) is 6.79 Å². The van der Waals surface area contributed by atoms with Crippen LogP contribution in [0.15, 0.2) is 61.3 Å². The molecule has 5 rings (SSSR count). The number of fused-ring (bicyclic) bond motifs is 2. The van der Waals surface area contributed by atoms with E-state index in [0.717, 1.165) is 16.5 Å². The molecular formula is C28H24Br2ClN3O5. The summed E-state index contributed by atoms with van der Waals surface area (Å²) in [4.78, 5) is 18.0. The Kier molecular flexibility index (Phi) is 8.44. The second kappa shape index (κ2) is 12.0. The highest BCUT2D eigenvalue weighted by molar-refractivity contribution is 9.10. The van der Waals surface area contributed by atoms with E-state index < -0.39 is 0 Å². The molecule has 2 heterocycles. The van der Waals surface area contributed by atoms with Crippen molar-refractivity contribution in [3.8, 4) is 23.0 Å². The molecule has 3 aromatic carbocycles. The molecule has 0 N–H and O–H groups in total. The number of benzene rings is 3. The van der Waals surface area contributed by atoms with Gasteiger partial charge in [0, 0.05) is 20.9 Å². The average molecular weight is 678 g/mol. The van der Waals surface area contributed by atoms with Gasteiger partial charge < -0.3 is 18.9 Å². The lowest BCUT2D eigenvalue weighted by Gasteiger charge is -2.16. The van der Waals surface area contributed by atoms with E-state index in [2.05, 4.69) is 41.9 Å². The van der Waals surface area contributed by atoms with Crippen molar-refractivity contribution in [3.63, 3.8) is 0 Å². The van der Waals surface area contributed by atoms with E-state index in [9.17, 15) is 4.79 Å². The molecule has 0 bridgehead atoms. The van der Waals surface area contributed by atoms with Crippen molar-refractivity contribution >= 4 is 60.6 Å². The molecule has 0 spiro atoms. The summed E-state index contributed by atoms with van der Waals surface area (Å²) >= 11 is 13.7. The Morgan fingerprint density at radius 2 is 1.92 bits per heavy atom. The first-order valence-electron chi connectivity index (χ1n) is 12.3. The molecule has 1 aromatic heterocycles. The SMILES string of the molecule is CCCc1nc2ccc(Br)cc2c(=O)n1N=Cc1cc(OCC)c(OCc2ccc3c(c2)OCO3)c(Cl)c1Br. The van der Waals surface area contributed by atoms with Crippen LogP contribution in [0.25, 0.3) is 10.9 Å². The maximum Gasteiger partial charge on any atom is 0.282 e. The van der Waals surface area contributed by atoms with Gasteiger partial charge in [-0.2, -0.15) is 9.78 Å². The predicted octanol–water partition coefficient (Wildman–Crippen LogP) is 7.12. The van der Waals surface area contributed by atoms with Crippen LogP contribution in [-0.2, 0) is 13.0 Å². The molecule has 11 heteroatoms. The summed E-state index contributed by atoms with van der Waals surface area (Å²) in [6.45, 7) is 4.75. The Hall–Kier alpha value is -3.08. The predicted molar refractivity (Wildman–Crippen MR) is 158 cm³/mol. The number of hydrogen-bond acceptors (Lipinski definition) is 7. The number of halogens is 3. The molecule has 0 aliphatic carbocycles. The summed E-state index contributed by atoms with van der Waals surface area (Å²) in [5.74, 6) is 2.79. The molecule has 0 fully saturated rings. The first kappa shape index (κ1) is 27.5. The molecule has 8 nitrogen and oxygen atoms in total. The van der Waals surface area contributed by atoms with Crippen molar-refractivity contribution in [1.82, 2.24) is 9.66 Å². The molecule has 1 aliphatic heterocycles. The minimum Gasteiger partial charge on any atom is -0.490 e. The van der Waals surface area contributed by atoms with Gasteiger partial charge in [-0.05, 0) is 71.2 Å². The first-order valence-corrected chi connectivity index (χ1v) is 14.3. The Labute approximate surface area is 246 Å². The molecule has 39 heavy (non-hydrogen) atoms. The zero-order valence-electron chi connectivity index (χ0n) is 21.2. The molecule has 1 aliphatic rings. The Balaban J connectivity index is 1.49. The highest BCUT2D eigenvalue weighted by Gasteiger charge is 2.19. The summed E-state index contributed by atoms with van der Waals surface area (Å²) in [5.41, 5.74) is 1.88. The van der Waals surface area contributed by atoms with Gasteiger partial charge in [0.05, 0.1) is 23.7 Å². The van der Waals surface area contributed by atoms with Gasteiger partial charge in [0.1, 0.15) is 17.5 Å². The van der Waals surface area contributed by atoms with Gasteiger partial charge in [0.25, 0.3) is 5.56 Å². The van der Waals surface area contributed by atoms with E-state index in [1.807, 2.05) is 44.2 Å². The lowest BCUT2D eigenvalue weighted by atomic mass is 10.2. The summed E-state index contributed by atoms with van der Waals surface area (Å²) in [7, 11) is 0. The van der Waals surface area contributed by atoms with Crippen molar-refractivity contribution in [1.29, 1.82) is 0 Å².